The third-order valence-electron chi connectivity index (χ3n) is 5.31. The van der Waals surface area contributed by atoms with Crippen LogP contribution in [0.3, 0.4) is 0 Å². The van der Waals surface area contributed by atoms with Crippen molar-refractivity contribution in [3.05, 3.63) is 35.6 Å². The summed E-state index contributed by atoms with van der Waals surface area (Å²) in [5, 5.41) is 3.17. The topological polar surface area (TPSA) is 41.6 Å². The van der Waals surface area contributed by atoms with Crippen LogP contribution in [0.25, 0.3) is 0 Å². The molecule has 0 aromatic heterocycles. The van der Waals surface area contributed by atoms with Crippen molar-refractivity contribution in [3.63, 3.8) is 0 Å². The molecular weight excluding hydrogens is 339 g/mol. The molecule has 1 amide bonds. The summed E-state index contributed by atoms with van der Waals surface area (Å²) in [6.45, 7) is 6.17. The Labute approximate surface area is 153 Å². The molecule has 0 spiro atoms. The number of hydrogen-bond acceptors (Lipinski definition) is 4. The second-order valence-electron chi connectivity index (χ2n) is 7.06. The lowest BCUT2D eigenvalue weighted by molar-refractivity contribution is -0.122. The molecule has 3 rings (SSSR count). The zero-order valence-electron chi connectivity index (χ0n) is 14.8. The average Bonchev–Trinajstić information content (AvgIpc) is 3.11. The zero-order chi connectivity index (χ0) is 17.7. The highest BCUT2D eigenvalue weighted by molar-refractivity contribution is 7.99. The first kappa shape index (κ1) is 18.7. The second kappa shape index (κ2) is 8.52. The number of nitrogens with one attached hydrogen (secondary N) is 1. The van der Waals surface area contributed by atoms with Crippen molar-refractivity contribution in [1.29, 1.82) is 0 Å². The van der Waals surface area contributed by atoms with Gasteiger partial charge in [-0.05, 0) is 35.8 Å². The second-order valence-corrected chi connectivity index (χ2v) is 8.16. The van der Waals surface area contributed by atoms with E-state index in [-0.39, 0.29) is 23.2 Å². The van der Waals surface area contributed by atoms with Crippen LogP contribution in [0.15, 0.2) is 24.3 Å². The van der Waals surface area contributed by atoms with Crippen molar-refractivity contribution in [2.24, 2.45) is 0 Å². The number of carbonyl (C=O) groups is 1. The normalized spacial score (nSPS) is 25.7. The summed E-state index contributed by atoms with van der Waals surface area (Å²) >= 11 is 1.97. The molecule has 1 aromatic carbocycles. The maximum Gasteiger partial charge on any atom is 0.220 e. The van der Waals surface area contributed by atoms with Gasteiger partial charge < -0.3 is 10.1 Å². The van der Waals surface area contributed by atoms with Gasteiger partial charge in [-0.15, -0.1) is 0 Å². The first-order chi connectivity index (χ1) is 12.1. The van der Waals surface area contributed by atoms with Crippen molar-refractivity contribution >= 4 is 17.7 Å². The van der Waals surface area contributed by atoms with Gasteiger partial charge in [-0.25, -0.2) is 4.39 Å². The Morgan fingerprint density at radius 3 is 2.72 bits per heavy atom. The summed E-state index contributed by atoms with van der Waals surface area (Å²) in [7, 11) is 0. The summed E-state index contributed by atoms with van der Waals surface area (Å²) in [6.07, 6.45) is 1.55. The number of benzene rings is 1. The maximum atomic E-state index is 13.0. The van der Waals surface area contributed by atoms with Gasteiger partial charge in [-0.3, -0.25) is 9.69 Å². The molecule has 2 saturated heterocycles. The quantitative estimate of drug-likeness (QED) is 0.840. The van der Waals surface area contributed by atoms with Crippen LogP contribution in [-0.2, 0) is 9.53 Å². The molecule has 2 aliphatic heterocycles. The highest BCUT2D eigenvalue weighted by Crippen LogP contribution is 2.33. The van der Waals surface area contributed by atoms with E-state index >= 15 is 0 Å². The van der Waals surface area contributed by atoms with E-state index in [0.29, 0.717) is 13.0 Å². The number of carbonyl (C=O) groups excluding carboxylic acids is 1. The van der Waals surface area contributed by atoms with Crippen molar-refractivity contribution in [1.82, 2.24) is 10.2 Å². The summed E-state index contributed by atoms with van der Waals surface area (Å²) in [6, 6.07) is 6.42. The molecular formula is C19H27FN2O2S. The fourth-order valence-corrected chi connectivity index (χ4v) is 5.13. The van der Waals surface area contributed by atoms with Crippen LogP contribution in [0.2, 0.25) is 0 Å². The number of ether oxygens (including phenoxy) is 1. The minimum Gasteiger partial charge on any atom is -0.379 e. The number of amides is 1. The Bertz CT molecular complexity index is 569. The summed E-state index contributed by atoms with van der Waals surface area (Å²) < 4.78 is 18.5. The Hall–Kier alpha value is -1.11. The predicted octanol–water partition coefficient (Wildman–Crippen LogP) is 2.64. The fraction of sp³-hybridized carbons (Fsp3) is 0.632. The molecule has 1 aromatic rings. The van der Waals surface area contributed by atoms with Crippen LogP contribution in [0, 0.1) is 5.82 Å². The van der Waals surface area contributed by atoms with Crippen LogP contribution in [0.1, 0.15) is 31.2 Å². The molecule has 2 heterocycles. The first-order valence-electron chi connectivity index (χ1n) is 9.02. The van der Waals surface area contributed by atoms with Crippen LogP contribution in [-0.4, -0.2) is 60.7 Å². The molecule has 1 N–H and O–H groups in total. The molecule has 2 atom stereocenters. The number of morpholine rings is 1. The van der Waals surface area contributed by atoms with E-state index in [1.54, 1.807) is 12.1 Å². The molecule has 2 aliphatic rings. The predicted molar refractivity (Wildman–Crippen MR) is 99.5 cm³/mol. The molecule has 138 valence electrons. The smallest absolute Gasteiger partial charge is 0.220 e. The summed E-state index contributed by atoms with van der Waals surface area (Å²) in [4.78, 5) is 14.9. The molecule has 0 radical (unpaired) electrons. The number of nitrogens with zero attached hydrogens (tertiary/aromatic N) is 1. The molecule has 0 unspecified atom stereocenters. The largest absolute Gasteiger partial charge is 0.379 e. The lowest BCUT2D eigenvalue weighted by Crippen LogP contribution is -2.59. The number of thioether (sulfide) groups is 1. The average molecular weight is 367 g/mol. The maximum absolute atomic E-state index is 13.0. The van der Waals surface area contributed by atoms with E-state index in [1.807, 2.05) is 18.7 Å². The van der Waals surface area contributed by atoms with Gasteiger partial charge in [-0.2, -0.15) is 11.8 Å². The lowest BCUT2D eigenvalue weighted by Gasteiger charge is -2.43. The molecule has 0 aliphatic carbocycles. The minimum absolute atomic E-state index is 0.0707. The van der Waals surface area contributed by atoms with Gasteiger partial charge in [0.2, 0.25) is 5.91 Å². The van der Waals surface area contributed by atoms with Gasteiger partial charge >= 0.3 is 0 Å². The Balaban J connectivity index is 1.53. The third-order valence-corrected chi connectivity index (χ3v) is 6.54. The minimum atomic E-state index is -0.244. The van der Waals surface area contributed by atoms with Crippen molar-refractivity contribution < 1.29 is 13.9 Å². The summed E-state index contributed by atoms with van der Waals surface area (Å²) in [5.41, 5.74) is 1.07. The fourth-order valence-electron chi connectivity index (χ4n) is 3.66. The van der Waals surface area contributed by atoms with Crippen LogP contribution in [0.4, 0.5) is 4.39 Å². The van der Waals surface area contributed by atoms with Crippen molar-refractivity contribution in [2.75, 3.05) is 44.4 Å². The first-order valence-corrected chi connectivity index (χ1v) is 10.2. The number of hydrogen-bond donors (Lipinski definition) is 1. The Kier molecular flexibility index (Phi) is 6.36. The highest BCUT2D eigenvalue weighted by atomic mass is 32.2. The van der Waals surface area contributed by atoms with E-state index in [2.05, 4.69) is 10.2 Å². The van der Waals surface area contributed by atoms with Gasteiger partial charge in [0.15, 0.2) is 0 Å². The molecule has 25 heavy (non-hydrogen) atoms. The van der Waals surface area contributed by atoms with E-state index in [4.69, 9.17) is 4.74 Å². The SMILES string of the molecule is C[C@@H](CC(=O)NC[C@@]1(N2CCOCC2)CCSC1)c1ccc(F)cc1. The van der Waals surface area contributed by atoms with E-state index in [0.717, 1.165) is 49.8 Å². The zero-order valence-corrected chi connectivity index (χ0v) is 15.6. The Morgan fingerprint density at radius 2 is 2.08 bits per heavy atom. The summed E-state index contributed by atoms with van der Waals surface area (Å²) in [5.74, 6) is 2.13. The van der Waals surface area contributed by atoms with Gasteiger partial charge in [0, 0.05) is 37.3 Å². The van der Waals surface area contributed by atoms with Gasteiger partial charge in [0.05, 0.1) is 13.2 Å². The standard InChI is InChI=1S/C19H27FN2O2S/c1-15(16-2-4-17(20)5-3-16)12-18(23)21-13-19(6-11-25-14-19)22-7-9-24-10-8-22/h2-5,15H,6-14H2,1H3,(H,21,23)/t15-,19-/m0/s1. The van der Waals surface area contributed by atoms with E-state index in [9.17, 15) is 9.18 Å². The van der Waals surface area contributed by atoms with E-state index in [1.165, 1.54) is 12.1 Å². The lowest BCUT2D eigenvalue weighted by atomic mass is 9.94. The Morgan fingerprint density at radius 1 is 1.36 bits per heavy atom. The monoisotopic (exact) mass is 366 g/mol. The van der Waals surface area contributed by atoms with E-state index < -0.39 is 0 Å². The van der Waals surface area contributed by atoms with Crippen molar-refractivity contribution in [2.45, 2.75) is 31.2 Å². The van der Waals surface area contributed by atoms with Gasteiger partial charge in [0.25, 0.3) is 0 Å². The molecule has 0 bridgehead atoms. The third kappa shape index (κ3) is 4.74. The van der Waals surface area contributed by atoms with Crippen LogP contribution < -0.4 is 5.32 Å². The highest BCUT2D eigenvalue weighted by Gasteiger charge is 2.40. The molecule has 2 fully saturated rings. The number of halogens is 1. The molecule has 0 saturated carbocycles. The van der Waals surface area contributed by atoms with Gasteiger partial charge in [0.1, 0.15) is 5.82 Å². The van der Waals surface area contributed by atoms with Crippen LogP contribution in [0.5, 0.6) is 0 Å². The van der Waals surface area contributed by atoms with Crippen LogP contribution >= 0.6 is 11.8 Å². The molecule has 4 nitrogen and oxygen atoms in total. The van der Waals surface area contributed by atoms with Crippen molar-refractivity contribution in [3.8, 4) is 0 Å². The number of rotatable bonds is 6. The molecule has 6 heteroatoms. The van der Waals surface area contributed by atoms with Gasteiger partial charge in [-0.1, -0.05) is 19.1 Å².